The zero-order chi connectivity index (χ0) is 11.7. The average molecular weight is 214 g/mol. The zero-order valence-corrected chi connectivity index (χ0v) is 9.71. The fourth-order valence-corrected chi connectivity index (χ4v) is 1.18. The molecule has 1 amide bonds. The summed E-state index contributed by atoms with van der Waals surface area (Å²) in [6.07, 6.45) is 3.96. The van der Waals surface area contributed by atoms with Gasteiger partial charge in [0.15, 0.2) is 0 Å². The van der Waals surface area contributed by atoms with E-state index in [1.807, 2.05) is 0 Å². The van der Waals surface area contributed by atoms with Crippen molar-refractivity contribution in [1.82, 2.24) is 5.32 Å². The lowest BCUT2D eigenvalue weighted by Crippen LogP contribution is -2.30. The van der Waals surface area contributed by atoms with Crippen LogP contribution in [0.1, 0.15) is 46.0 Å². The summed E-state index contributed by atoms with van der Waals surface area (Å²) in [6.45, 7) is 4.16. The van der Waals surface area contributed by atoms with E-state index in [1.54, 1.807) is 0 Å². The van der Waals surface area contributed by atoms with E-state index in [-0.39, 0.29) is 17.7 Å². The van der Waals surface area contributed by atoms with Gasteiger partial charge in [0, 0.05) is 13.0 Å². The van der Waals surface area contributed by atoms with E-state index < -0.39 is 0 Å². The molecule has 0 aromatic heterocycles. The van der Waals surface area contributed by atoms with Crippen LogP contribution in [0, 0.1) is 0 Å². The summed E-state index contributed by atoms with van der Waals surface area (Å²) in [5, 5.41) is 2.81. The molecule has 0 radical (unpaired) electrons. The van der Waals surface area contributed by atoms with E-state index in [9.17, 15) is 9.59 Å². The lowest BCUT2D eigenvalue weighted by molar-refractivity contribution is -0.121. The molecule has 4 heteroatoms. The smallest absolute Gasteiger partial charge is 0.219 e. The quantitative estimate of drug-likeness (QED) is 0.592. The average Bonchev–Trinajstić information content (AvgIpc) is 2.20. The van der Waals surface area contributed by atoms with Gasteiger partial charge < -0.3 is 11.1 Å². The second-order valence-electron chi connectivity index (χ2n) is 3.81. The van der Waals surface area contributed by atoms with E-state index in [0.717, 1.165) is 19.3 Å². The molecule has 0 aliphatic carbocycles. The lowest BCUT2D eigenvalue weighted by Gasteiger charge is -2.08. The number of hydrogen-bond donors (Lipinski definition) is 2. The van der Waals surface area contributed by atoms with Crippen molar-refractivity contribution in [2.75, 3.05) is 6.54 Å². The van der Waals surface area contributed by atoms with Gasteiger partial charge in [-0.15, -0.1) is 0 Å². The predicted octanol–water partition coefficient (Wildman–Crippen LogP) is 0.989. The Morgan fingerprint density at radius 3 is 2.53 bits per heavy atom. The summed E-state index contributed by atoms with van der Waals surface area (Å²) in [5.74, 6) is 0.0977. The van der Waals surface area contributed by atoms with Crippen molar-refractivity contribution in [2.45, 2.75) is 52.0 Å². The van der Waals surface area contributed by atoms with Crippen LogP contribution in [0.25, 0.3) is 0 Å². The molecule has 0 fully saturated rings. The van der Waals surface area contributed by atoms with E-state index in [0.29, 0.717) is 19.4 Å². The fourth-order valence-electron chi connectivity index (χ4n) is 1.18. The molecule has 3 N–H and O–H groups in total. The van der Waals surface area contributed by atoms with Crippen molar-refractivity contribution in [3.05, 3.63) is 0 Å². The van der Waals surface area contributed by atoms with Gasteiger partial charge in [0.2, 0.25) is 5.91 Å². The molecule has 1 unspecified atom stereocenters. The number of carbonyl (C=O) groups is 2. The van der Waals surface area contributed by atoms with E-state index in [2.05, 4.69) is 12.2 Å². The minimum Gasteiger partial charge on any atom is -0.356 e. The Kier molecular flexibility index (Phi) is 7.91. The van der Waals surface area contributed by atoms with Crippen LogP contribution in [0.4, 0.5) is 0 Å². The summed E-state index contributed by atoms with van der Waals surface area (Å²) >= 11 is 0. The number of nitrogens with one attached hydrogen (secondary N) is 1. The number of amides is 1. The van der Waals surface area contributed by atoms with Crippen LogP contribution in [0.2, 0.25) is 0 Å². The Hall–Kier alpha value is -0.900. The molecule has 0 saturated heterocycles. The van der Waals surface area contributed by atoms with Crippen molar-refractivity contribution < 1.29 is 9.59 Å². The summed E-state index contributed by atoms with van der Waals surface area (Å²) in [4.78, 5) is 22.0. The normalized spacial score (nSPS) is 12.2. The second kappa shape index (κ2) is 8.41. The van der Waals surface area contributed by atoms with Crippen molar-refractivity contribution in [1.29, 1.82) is 0 Å². The Morgan fingerprint density at radius 2 is 2.00 bits per heavy atom. The van der Waals surface area contributed by atoms with Crippen LogP contribution in [0.3, 0.4) is 0 Å². The molecule has 15 heavy (non-hydrogen) atoms. The van der Waals surface area contributed by atoms with E-state index in [1.165, 1.54) is 6.92 Å². The van der Waals surface area contributed by atoms with Gasteiger partial charge >= 0.3 is 0 Å². The standard InChI is InChI=1S/C11H22N2O2/c1-3-4-7-11(15)13-8-5-6-10(12)9(2)14/h10H,3-8,12H2,1-2H3,(H,13,15). The van der Waals surface area contributed by atoms with Crippen LogP contribution in [0.5, 0.6) is 0 Å². The minimum absolute atomic E-state index is 0.00677. The number of ketones is 1. The predicted molar refractivity (Wildman–Crippen MR) is 60.4 cm³/mol. The first kappa shape index (κ1) is 14.1. The van der Waals surface area contributed by atoms with Crippen LogP contribution in [-0.4, -0.2) is 24.3 Å². The van der Waals surface area contributed by atoms with Gasteiger partial charge in [0.05, 0.1) is 6.04 Å². The third-order valence-electron chi connectivity index (χ3n) is 2.29. The monoisotopic (exact) mass is 214 g/mol. The molecular formula is C11H22N2O2. The third-order valence-corrected chi connectivity index (χ3v) is 2.29. The topological polar surface area (TPSA) is 72.2 Å². The largest absolute Gasteiger partial charge is 0.356 e. The van der Waals surface area contributed by atoms with Gasteiger partial charge in [-0.05, 0) is 26.2 Å². The molecule has 0 saturated carbocycles. The maximum atomic E-state index is 11.2. The molecule has 0 aromatic carbocycles. The number of hydrogen-bond acceptors (Lipinski definition) is 3. The van der Waals surface area contributed by atoms with Gasteiger partial charge in [-0.25, -0.2) is 0 Å². The first-order chi connectivity index (χ1) is 7.07. The van der Waals surface area contributed by atoms with Crippen molar-refractivity contribution in [3.8, 4) is 0 Å². The molecule has 0 aliphatic rings. The van der Waals surface area contributed by atoms with Crippen LogP contribution in [-0.2, 0) is 9.59 Å². The molecule has 0 aliphatic heterocycles. The summed E-state index contributed by atoms with van der Waals surface area (Å²) in [5.41, 5.74) is 5.55. The fraction of sp³-hybridized carbons (Fsp3) is 0.818. The first-order valence-corrected chi connectivity index (χ1v) is 5.60. The van der Waals surface area contributed by atoms with Crippen LogP contribution in [0.15, 0.2) is 0 Å². The van der Waals surface area contributed by atoms with Gasteiger partial charge in [0.25, 0.3) is 0 Å². The van der Waals surface area contributed by atoms with Crippen LogP contribution >= 0.6 is 0 Å². The zero-order valence-electron chi connectivity index (χ0n) is 9.71. The third kappa shape index (κ3) is 8.12. The highest BCUT2D eigenvalue weighted by Crippen LogP contribution is 1.96. The number of carbonyl (C=O) groups excluding carboxylic acids is 2. The van der Waals surface area contributed by atoms with E-state index in [4.69, 9.17) is 5.73 Å². The van der Waals surface area contributed by atoms with Crippen molar-refractivity contribution in [2.24, 2.45) is 5.73 Å². The molecule has 0 rings (SSSR count). The number of nitrogens with two attached hydrogens (primary N) is 1. The van der Waals surface area contributed by atoms with Gasteiger partial charge in [0.1, 0.15) is 5.78 Å². The van der Waals surface area contributed by atoms with Crippen molar-refractivity contribution >= 4 is 11.7 Å². The molecule has 0 heterocycles. The molecule has 0 spiro atoms. The summed E-state index contributed by atoms with van der Waals surface area (Å²) in [6, 6.07) is -0.377. The Bertz CT molecular complexity index is 205. The maximum absolute atomic E-state index is 11.2. The van der Waals surface area contributed by atoms with E-state index >= 15 is 0 Å². The molecule has 0 aromatic rings. The van der Waals surface area contributed by atoms with Gasteiger partial charge in [-0.1, -0.05) is 13.3 Å². The van der Waals surface area contributed by atoms with Crippen molar-refractivity contribution in [3.63, 3.8) is 0 Å². The number of unbranched alkanes of at least 4 members (excludes halogenated alkanes) is 1. The second-order valence-corrected chi connectivity index (χ2v) is 3.81. The highest BCUT2D eigenvalue weighted by Gasteiger charge is 2.07. The highest BCUT2D eigenvalue weighted by atomic mass is 16.1. The van der Waals surface area contributed by atoms with Gasteiger partial charge in [-0.3, -0.25) is 9.59 Å². The Morgan fingerprint density at radius 1 is 1.33 bits per heavy atom. The summed E-state index contributed by atoms with van der Waals surface area (Å²) in [7, 11) is 0. The number of Topliss-reactive ketones (excluding diaryl/α,β-unsaturated/α-hetero) is 1. The SMILES string of the molecule is CCCCC(=O)NCCCC(N)C(C)=O. The Labute approximate surface area is 91.6 Å². The first-order valence-electron chi connectivity index (χ1n) is 5.60. The van der Waals surface area contributed by atoms with Gasteiger partial charge in [-0.2, -0.15) is 0 Å². The Balaban J connectivity index is 3.38. The molecular weight excluding hydrogens is 192 g/mol. The highest BCUT2D eigenvalue weighted by molar-refractivity contribution is 5.81. The molecule has 1 atom stereocenters. The molecule has 4 nitrogen and oxygen atoms in total. The lowest BCUT2D eigenvalue weighted by atomic mass is 10.1. The van der Waals surface area contributed by atoms with Crippen LogP contribution < -0.4 is 11.1 Å². The molecule has 0 bridgehead atoms. The minimum atomic E-state index is -0.377. The number of rotatable bonds is 8. The molecule has 88 valence electrons. The summed E-state index contributed by atoms with van der Waals surface area (Å²) < 4.78 is 0. The maximum Gasteiger partial charge on any atom is 0.219 e.